The van der Waals surface area contributed by atoms with Crippen molar-refractivity contribution in [1.29, 1.82) is 0 Å². The molecule has 0 aliphatic carbocycles. The molecule has 4 fully saturated rings. The van der Waals surface area contributed by atoms with Crippen molar-refractivity contribution in [1.82, 2.24) is 15.1 Å². The summed E-state index contributed by atoms with van der Waals surface area (Å²) in [5.74, 6) is 1.88. The van der Waals surface area contributed by atoms with Crippen LogP contribution in [0.25, 0.3) is 0 Å². The molecule has 1 N–H and O–H groups in total. The molecule has 98 valence electrons. The maximum absolute atomic E-state index is 3.54. The van der Waals surface area contributed by atoms with Crippen LogP contribution in [-0.2, 0) is 0 Å². The van der Waals surface area contributed by atoms with Crippen molar-refractivity contribution >= 4 is 0 Å². The van der Waals surface area contributed by atoms with Crippen molar-refractivity contribution < 1.29 is 0 Å². The lowest BCUT2D eigenvalue weighted by Gasteiger charge is -2.49. The van der Waals surface area contributed by atoms with Gasteiger partial charge in [0.15, 0.2) is 0 Å². The highest BCUT2D eigenvalue weighted by molar-refractivity contribution is 4.92. The zero-order valence-electron chi connectivity index (χ0n) is 11.2. The third-order valence-corrected chi connectivity index (χ3v) is 5.13. The van der Waals surface area contributed by atoms with E-state index in [4.69, 9.17) is 0 Å². The van der Waals surface area contributed by atoms with Crippen LogP contribution in [0.2, 0.25) is 0 Å². The number of likely N-dealkylation sites (N-methyl/N-ethyl adjacent to an activating group) is 1. The summed E-state index contributed by atoms with van der Waals surface area (Å²) >= 11 is 0. The third-order valence-electron chi connectivity index (χ3n) is 5.13. The quantitative estimate of drug-likeness (QED) is 0.790. The van der Waals surface area contributed by atoms with E-state index in [0.717, 1.165) is 17.9 Å². The van der Waals surface area contributed by atoms with Crippen LogP contribution in [0.5, 0.6) is 0 Å². The molecule has 4 saturated heterocycles. The average Bonchev–Trinajstić information content (AvgIpc) is 2.41. The number of rotatable bonds is 3. The molecule has 2 bridgehead atoms. The first kappa shape index (κ1) is 11.9. The van der Waals surface area contributed by atoms with E-state index in [2.05, 4.69) is 22.2 Å². The molecule has 3 nitrogen and oxygen atoms in total. The van der Waals surface area contributed by atoms with Gasteiger partial charge in [-0.25, -0.2) is 0 Å². The van der Waals surface area contributed by atoms with E-state index in [1.807, 2.05) is 0 Å². The van der Waals surface area contributed by atoms with Crippen molar-refractivity contribution in [3.63, 3.8) is 0 Å². The van der Waals surface area contributed by atoms with Crippen molar-refractivity contribution in [2.45, 2.75) is 31.7 Å². The van der Waals surface area contributed by atoms with Crippen LogP contribution in [0.15, 0.2) is 0 Å². The Hall–Kier alpha value is -0.120. The van der Waals surface area contributed by atoms with Gasteiger partial charge in [-0.1, -0.05) is 0 Å². The highest BCUT2D eigenvalue weighted by Crippen LogP contribution is 2.30. The van der Waals surface area contributed by atoms with Gasteiger partial charge in [-0.2, -0.15) is 0 Å². The van der Waals surface area contributed by atoms with Gasteiger partial charge < -0.3 is 15.1 Å². The maximum atomic E-state index is 3.54. The summed E-state index contributed by atoms with van der Waals surface area (Å²) in [6.45, 7) is 7.84. The van der Waals surface area contributed by atoms with Gasteiger partial charge in [-0.15, -0.1) is 0 Å². The van der Waals surface area contributed by atoms with E-state index in [1.165, 1.54) is 65.0 Å². The predicted octanol–water partition coefficient (Wildman–Crippen LogP) is 1.01. The number of hydrogen-bond acceptors (Lipinski definition) is 3. The molecule has 4 aliphatic rings. The zero-order chi connectivity index (χ0) is 11.7. The smallest absolute Gasteiger partial charge is 0.0249 e. The van der Waals surface area contributed by atoms with Gasteiger partial charge in [-0.05, 0) is 70.7 Å². The van der Waals surface area contributed by atoms with Crippen molar-refractivity contribution in [3.05, 3.63) is 0 Å². The van der Waals surface area contributed by atoms with Crippen molar-refractivity contribution in [3.8, 4) is 0 Å². The van der Waals surface area contributed by atoms with Crippen molar-refractivity contribution in [2.75, 3.05) is 46.3 Å². The molecule has 17 heavy (non-hydrogen) atoms. The Balaban J connectivity index is 1.53. The average molecular weight is 237 g/mol. The minimum atomic E-state index is 0.847. The fraction of sp³-hybridized carbons (Fsp3) is 1.00. The summed E-state index contributed by atoms with van der Waals surface area (Å²) in [4.78, 5) is 5.34. The maximum Gasteiger partial charge on any atom is 0.0249 e. The van der Waals surface area contributed by atoms with Gasteiger partial charge >= 0.3 is 0 Å². The van der Waals surface area contributed by atoms with Crippen LogP contribution < -0.4 is 5.32 Å². The van der Waals surface area contributed by atoms with Gasteiger partial charge in [0.05, 0.1) is 0 Å². The molecule has 3 heteroatoms. The first-order chi connectivity index (χ1) is 8.33. The molecule has 2 atom stereocenters. The predicted molar refractivity (Wildman–Crippen MR) is 71.2 cm³/mol. The van der Waals surface area contributed by atoms with Gasteiger partial charge in [-0.3, -0.25) is 0 Å². The Labute approximate surface area is 106 Å². The fourth-order valence-electron chi connectivity index (χ4n) is 4.06. The van der Waals surface area contributed by atoms with Crippen LogP contribution in [0.4, 0.5) is 0 Å². The second kappa shape index (κ2) is 5.25. The molecule has 0 aromatic rings. The molecule has 0 radical (unpaired) electrons. The minimum absolute atomic E-state index is 0.847. The van der Waals surface area contributed by atoms with E-state index in [1.54, 1.807) is 0 Å². The molecule has 0 aromatic carbocycles. The number of fused-ring (bicyclic) bond motifs is 3. The topological polar surface area (TPSA) is 18.5 Å². The van der Waals surface area contributed by atoms with E-state index >= 15 is 0 Å². The lowest BCUT2D eigenvalue weighted by atomic mass is 9.83. The summed E-state index contributed by atoms with van der Waals surface area (Å²) in [5, 5.41) is 3.54. The lowest BCUT2D eigenvalue weighted by molar-refractivity contribution is 0.00957. The Morgan fingerprint density at radius 2 is 2.06 bits per heavy atom. The molecule has 0 saturated carbocycles. The molecule has 2 unspecified atom stereocenters. The highest BCUT2D eigenvalue weighted by atomic mass is 15.2. The van der Waals surface area contributed by atoms with Gasteiger partial charge in [0.25, 0.3) is 0 Å². The summed E-state index contributed by atoms with van der Waals surface area (Å²) < 4.78 is 0. The van der Waals surface area contributed by atoms with Crippen LogP contribution in [0, 0.1) is 11.8 Å². The summed E-state index contributed by atoms with van der Waals surface area (Å²) in [5.41, 5.74) is 0. The van der Waals surface area contributed by atoms with E-state index in [-0.39, 0.29) is 0 Å². The first-order valence-electron chi connectivity index (χ1n) is 7.46. The normalized spacial score (nSPS) is 42.0. The van der Waals surface area contributed by atoms with Gasteiger partial charge in [0.2, 0.25) is 0 Å². The minimum Gasteiger partial charge on any atom is -0.316 e. The largest absolute Gasteiger partial charge is 0.316 e. The number of nitrogens with zero attached hydrogens (tertiary/aromatic N) is 2. The Bertz CT molecular complexity index is 242. The number of nitrogens with one attached hydrogen (secondary N) is 1. The SMILES string of the molecule is CN(CC1CCCNC1)C1CN2CCC1CC2. The summed E-state index contributed by atoms with van der Waals surface area (Å²) in [6.07, 6.45) is 5.69. The van der Waals surface area contributed by atoms with E-state index in [9.17, 15) is 0 Å². The van der Waals surface area contributed by atoms with Crippen LogP contribution in [0.1, 0.15) is 25.7 Å². The van der Waals surface area contributed by atoms with Gasteiger partial charge in [0.1, 0.15) is 0 Å². The van der Waals surface area contributed by atoms with E-state index in [0.29, 0.717) is 0 Å². The molecular formula is C14H27N3. The molecule has 4 rings (SSSR count). The molecule has 4 heterocycles. The molecule has 0 aromatic heterocycles. The van der Waals surface area contributed by atoms with E-state index < -0.39 is 0 Å². The summed E-state index contributed by atoms with van der Waals surface area (Å²) in [6, 6.07) is 0.847. The van der Waals surface area contributed by atoms with Gasteiger partial charge in [0, 0.05) is 19.1 Å². The second-order valence-corrected chi connectivity index (χ2v) is 6.36. The summed E-state index contributed by atoms with van der Waals surface area (Å²) in [7, 11) is 2.36. The van der Waals surface area contributed by atoms with Crippen LogP contribution in [-0.4, -0.2) is 62.2 Å². The zero-order valence-corrected chi connectivity index (χ0v) is 11.2. The molecule has 0 spiro atoms. The Morgan fingerprint density at radius 3 is 2.65 bits per heavy atom. The number of hydrogen-bond donors (Lipinski definition) is 1. The molecule has 0 amide bonds. The first-order valence-corrected chi connectivity index (χ1v) is 7.46. The third kappa shape index (κ3) is 2.67. The highest BCUT2D eigenvalue weighted by Gasteiger charge is 2.36. The Kier molecular flexibility index (Phi) is 3.69. The monoisotopic (exact) mass is 237 g/mol. The van der Waals surface area contributed by atoms with Crippen molar-refractivity contribution in [2.24, 2.45) is 11.8 Å². The van der Waals surface area contributed by atoms with Crippen LogP contribution in [0.3, 0.4) is 0 Å². The van der Waals surface area contributed by atoms with Crippen LogP contribution >= 0.6 is 0 Å². The Morgan fingerprint density at radius 1 is 1.24 bits per heavy atom. The standard InChI is InChI=1S/C14H27N3/c1-16(10-12-3-2-6-15-9-12)14-11-17-7-4-13(14)5-8-17/h12-15H,2-11H2,1H3. The second-order valence-electron chi connectivity index (χ2n) is 6.36. The fourth-order valence-corrected chi connectivity index (χ4v) is 4.06. The number of piperidine rings is 4. The lowest BCUT2D eigenvalue weighted by Crippen LogP contribution is -2.57. The molecule has 4 aliphatic heterocycles. The molecular weight excluding hydrogens is 210 g/mol.